The zero-order valence-corrected chi connectivity index (χ0v) is 20.1. The van der Waals surface area contributed by atoms with Crippen LogP contribution in [0.4, 0.5) is 5.69 Å². The minimum atomic E-state index is 0.126. The van der Waals surface area contributed by atoms with Gasteiger partial charge in [-0.2, -0.15) is 5.10 Å². The van der Waals surface area contributed by atoms with Gasteiger partial charge in [0.05, 0.1) is 18.7 Å². The number of fused-ring (bicyclic) bond motifs is 3. The summed E-state index contributed by atoms with van der Waals surface area (Å²) >= 11 is 0. The number of amides is 1. The average molecular weight is 458 g/mol. The van der Waals surface area contributed by atoms with Crippen molar-refractivity contribution < 1.29 is 9.53 Å². The van der Waals surface area contributed by atoms with E-state index in [0.717, 1.165) is 59.8 Å². The molecule has 1 amide bonds. The largest absolute Gasteiger partial charge is 0.378 e. The second kappa shape index (κ2) is 9.43. The Bertz CT molecular complexity index is 1340. The number of benzene rings is 2. The van der Waals surface area contributed by atoms with Gasteiger partial charge in [0.15, 0.2) is 5.65 Å². The van der Waals surface area contributed by atoms with E-state index in [0.29, 0.717) is 19.4 Å². The molecule has 0 N–H and O–H groups in total. The van der Waals surface area contributed by atoms with E-state index >= 15 is 0 Å². The number of rotatable bonds is 6. The molecule has 1 aliphatic heterocycles. The molecule has 2 aromatic heterocycles. The van der Waals surface area contributed by atoms with Crippen LogP contribution in [0.1, 0.15) is 28.9 Å². The first kappa shape index (κ1) is 22.3. The Kier molecular flexibility index (Phi) is 6.20. The Morgan fingerprint density at radius 1 is 1.06 bits per heavy atom. The molecule has 0 radical (unpaired) electrons. The van der Waals surface area contributed by atoms with Crippen LogP contribution in [0.15, 0.2) is 48.5 Å². The van der Waals surface area contributed by atoms with Crippen molar-refractivity contribution in [2.45, 2.75) is 33.2 Å². The molecular weight excluding hydrogens is 426 g/mol. The van der Waals surface area contributed by atoms with Gasteiger partial charge in [-0.1, -0.05) is 30.3 Å². The van der Waals surface area contributed by atoms with E-state index in [1.165, 1.54) is 11.3 Å². The van der Waals surface area contributed by atoms with Gasteiger partial charge in [-0.3, -0.25) is 4.79 Å². The maximum atomic E-state index is 13.1. The quantitative estimate of drug-likeness (QED) is 0.439. The molecule has 0 atom stereocenters. The Hall–Kier alpha value is -3.45. The maximum Gasteiger partial charge on any atom is 0.222 e. The highest BCUT2D eigenvalue weighted by atomic mass is 16.5. The van der Waals surface area contributed by atoms with Crippen LogP contribution >= 0.6 is 0 Å². The molecule has 3 heterocycles. The number of aryl methyl sites for hydroxylation is 2. The van der Waals surface area contributed by atoms with E-state index in [1.54, 1.807) is 0 Å². The first-order valence-corrected chi connectivity index (χ1v) is 11.9. The van der Waals surface area contributed by atoms with Crippen molar-refractivity contribution in [1.82, 2.24) is 19.5 Å². The Balaban J connectivity index is 1.30. The van der Waals surface area contributed by atoms with Crippen molar-refractivity contribution in [1.29, 1.82) is 0 Å². The maximum absolute atomic E-state index is 13.1. The van der Waals surface area contributed by atoms with Crippen molar-refractivity contribution in [3.8, 4) is 0 Å². The summed E-state index contributed by atoms with van der Waals surface area (Å²) in [5, 5.41) is 5.78. The van der Waals surface area contributed by atoms with Crippen LogP contribution in [0.5, 0.6) is 0 Å². The minimum absolute atomic E-state index is 0.126. The van der Waals surface area contributed by atoms with Gasteiger partial charge >= 0.3 is 0 Å². The summed E-state index contributed by atoms with van der Waals surface area (Å²) in [6, 6.07) is 16.4. The first-order valence-electron chi connectivity index (χ1n) is 11.9. The van der Waals surface area contributed by atoms with Gasteiger partial charge in [-0.05, 0) is 49.6 Å². The lowest BCUT2D eigenvalue weighted by Gasteiger charge is -2.31. The first-order chi connectivity index (χ1) is 16.5. The monoisotopic (exact) mass is 457 g/mol. The molecule has 7 nitrogen and oxygen atoms in total. The molecule has 34 heavy (non-hydrogen) atoms. The highest BCUT2D eigenvalue weighted by Gasteiger charge is 2.19. The third kappa shape index (κ3) is 4.23. The van der Waals surface area contributed by atoms with E-state index in [9.17, 15) is 4.79 Å². The van der Waals surface area contributed by atoms with E-state index in [-0.39, 0.29) is 5.91 Å². The minimum Gasteiger partial charge on any atom is -0.378 e. The summed E-state index contributed by atoms with van der Waals surface area (Å²) < 4.78 is 7.42. The smallest absolute Gasteiger partial charge is 0.222 e. The highest BCUT2D eigenvalue weighted by Crippen LogP contribution is 2.25. The second-order valence-electron chi connectivity index (χ2n) is 8.99. The molecule has 5 rings (SSSR count). The summed E-state index contributed by atoms with van der Waals surface area (Å²) in [5.41, 5.74) is 7.27. The standard InChI is InChI=1S/C27H31N5O2/c1-19-22(20(2)32-27(28-19)23-9-5-6-10-24(23)29-32)12-13-26(33)30(3)18-21-8-4-7-11-25(21)31-14-16-34-17-15-31/h4-11H,12-18H2,1-3H3. The fourth-order valence-corrected chi connectivity index (χ4v) is 4.86. The number of nitrogens with zero attached hydrogens (tertiary/aromatic N) is 5. The predicted octanol–water partition coefficient (Wildman–Crippen LogP) is 3.93. The van der Waals surface area contributed by atoms with E-state index < -0.39 is 0 Å². The van der Waals surface area contributed by atoms with Gasteiger partial charge in [-0.15, -0.1) is 0 Å². The molecule has 0 bridgehead atoms. The average Bonchev–Trinajstić information content (AvgIpc) is 3.23. The summed E-state index contributed by atoms with van der Waals surface area (Å²) in [4.78, 5) is 22.1. The molecular formula is C27H31N5O2. The van der Waals surface area contributed by atoms with Crippen LogP contribution in [-0.2, 0) is 22.5 Å². The Morgan fingerprint density at radius 2 is 1.79 bits per heavy atom. The summed E-state index contributed by atoms with van der Waals surface area (Å²) in [7, 11) is 1.89. The number of para-hydroxylation sites is 1. The van der Waals surface area contributed by atoms with E-state index in [2.05, 4.69) is 36.1 Å². The molecule has 2 aromatic carbocycles. The SMILES string of the molecule is Cc1nc2c3ccccc3nn2c(C)c1CCC(=O)N(C)Cc1ccccc1N1CCOCC1. The number of ether oxygens (including phenoxy) is 1. The number of morpholine rings is 1. The van der Waals surface area contributed by atoms with E-state index in [1.807, 2.05) is 47.7 Å². The molecule has 0 spiro atoms. The Labute approximate surface area is 199 Å². The third-order valence-corrected chi connectivity index (χ3v) is 6.78. The normalized spacial score (nSPS) is 14.1. The van der Waals surface area contributed by atoms with Gasteiger partial charge in [0.2, 0.25) is 5.91 Å². The Morgan fingerprint density at radius 3 is 2.62 bits per heavy atom. The van der Waals surface area contributed by atoms with Crippen molar-refractivity contribution in [2.24, 2.45) is 0 Å². The van der Waals surface area contributed by atoms with Gasteiger partial charge in [-0.25, -0.2) is 9.50 Å². The topological polar surface area (TPSA) is 63.0 Å². The summed E-state index contributed by atoms with van der Waals surface area (Å²) in [5.74, 6) is 0.126. The van der Waals surface area contributed by atoms with Crippen LogP contribution < -0.4 is 4.90 Å². The molecule has 1 aliphatic rings. The highest BCUT2D eigenvalue weighted by molar-refractivity contribution is 5.92. The van der Waals surface area contributed by atoms with Crippen LogP contribution in [0.25, 0.3) is 16.6 Å². The fraction of sp³-hybridized carbons (Fsp3) is 0.370. The van der Waals surface area contributed by atoms with Crippen LogP contribution in [0, 0.1) is 13.8 Å². The lowest BCUT2D eigenvalue weighted by molar-refractivity contribution is -0.130. The summed E-state index contributed by atoms with van der Waals surface area (Å²) in [6.45, 7) is 7.92. The number of carbonyl (C=O) groups is 1. The fourth-order valence-electron chi connectivity index (χ4n) is 4.86. The van der Waals surface area contributed by atoms with E-state index in [4.69, 9.17) is 14.8 Å². The van der Waals surface area contributed by atoms with Crippen molar-refractivity contribution in [2.75, 3.05) is 38.3 Å². The number of hydrogen-bond acceptors (Lipinski definition) is 5. The van der Waals surface area contributed by atoms with Gasteiger partial charge in [0.25, 0.3) is 0 Å². The van der Waals surface area contributed by atoms with Crippen molar-refractivity contribution in [3.63, 3.8) is 0 Å². The lowest BCUT2D eigenvalue weighted by atomic mass is 10.1. The number of anilines is 1. The van der Waals surface area contributed by atoms with Gasteiger partial charge in [0, 0.05) is 55.6 Å². The zero-order valence-electron chi connectivity index (χ0n) is 20.1. The second-order valence-corrected chi connectivity index (χ2v) is 8.99. The third-order valence-electron chi connectivity index (χ3n) is 6.78. The van der Waals surface area contributed by atoms with Gasteiger partial charge < -0.3 is 14.5 Å². The molecule has 4 aromatic rings. The molecule has 176 valence electrons. The molecule has 0 saturated carbocycles. The summed E-state index contributed by atoms with van der Waals surface area (Å²) in [6.07, 6.45) is 1.08. The van der Waals surface area contributed by atoms with Gasteiger partial charge in [0.1, 0.15) is 0 Å². The number of aromatic nitrogens is 3. The molecule has 7 heteroatoms. The van der Waals surface area contributed by atoms with Crippen molar-refractivity contribution in [3.05, 3.63) is 71.0 Å². The number of carbonyl (C=O) groups excluding carboxylic acids is 1. The molecule has 1 saturated heterocycles. The van der Waals surface area contributed by atoms with Crippen LogP contribution in [0.3, 0.4) is 0 Å². The molecule has 0 aliphatic carbocycles. The predicted molar refractivity (Wildman–Crippen MR) is 134 cm³/mol. The van der Waals surface area contributed by atoms with Crippen LogP contribution in [0.2, 0.25) is 0 Å². The van der Waals surface area contributed by atoms with Crippen molar-refractivity contribution >= 4 is 28.1 Å². The van der Waals surface area contributed by atoms with Crippen LogP contribution in [-0.4, -0.2) is 58.8 Å². The molecule has 1 fully saturated rings. The lowest BCUT2D eigenvalue weighted by Crippen LogP contribution is -2.37. The number of hydrogen-bond donors (Lipinski definition) is 0. The molecule has 0 unspecified atom stereocenters. The zero-order chi connectivity index (χ0) is 23.7.